The van der Waals surface area contributed by atoms with Crippen LogP contribution in [0.3, 0.4) is 0 Å². The van der Waals surface area contributed by atoms with Crippen molar-refractivity contribution in [2.75, 3.05) is 25.5 Å². The third kappa shape index (κ3) is 6.53. The molecule has 0 bridgehead atoms. The van der Waals surface area contributed by atoms with Crippen LogP contribution in [0.5, 0.6) is 5.75 Å². The predicted molar refractivity (Wildman–Crippen MR) is 129 cm³/mol. The van der Waals surface area contributed by atoms with Crippen molar-refractivity contribution in [3.63, 3.8) is 0 Å². The molecule has 3 atom stereocenters. The lowest BCUT2D eigenvalue weighted by molar-refractivity contribution is -0.144. The quantitative estimate of drug-likeness (QED) is 0.598. The standard InChI is InChI=1S/C25H25ClF3N3O5/c1-32-19-8-7-15(11-22(33)30-13-25(27,28)29)37-21(19)12-36-20-9-6-14(10-17(20)24(32)35)31-23(34)16-4-2-3-5-18(16)26/h2-6,9-10,15,19,21H,7-8,11-13H2,1H3,(H,30,33)(H,31,34)/t15-,19-,21+/m1/s1. The van der Waals surface area contributed by atoms with Crippen molar-refractivity contribution in [3.8, 4) is 5.75 Å². The lowest BCUT2D eigenvalue weighted by atomic mass is 9.94. The Morgan fingerprint density at radius 2 is 1.92 bits per heavy atom. The highest BCUT2D eigenvalue weighted by molar-refractivity contribution is 6.34. The lowest BCUT2D eigenvalue weighted by Crippen LogP contribution is -2.54. The second-order valence-electron chi connectivity index (χ2n) is 8.91. The summed E-state index contributed by atoms with van der Waals surface area (Å²) in [5.74, 6) is -1.24. The smallest absolute Gasteiger partial charge is 0.405 e. The summed E-state index contributed by atoms with van der Waals surface area (Å²) in [7, 11) is 1.63. The summed E-state index contributed by atoms with van der Waals surface area (Å²) in [5, 5.41) is 4.88. The van der Waals surface area contributed by atoms with Crippen LogP contribution in [0.15, 0.2) is 42.5 Å². The first-order valence-electron chi connectivity index (χ1n) is 11.6. The van der Waals surface area contributed by atoms with Crippen LogP contribution in [-0.4, -0.2) is 67.2 Å². The Balaban J connectivity index is 1.44. The van der Waals surface area contributed by atoms with E-state index in [0.717, 1.165) is 0 Å². The van der Waals surface area contributed by atoms with Crippen molar-refractivity contribution in [2.45, 2.75) is 43.7 Å². The Bertz CT molecular complexity index is 1190. The Kier molecular flexibility index (Phi) is 7.93. The molecule has 1 saturated heterocycles. The van der Waals surface area contributed by atoms with E-state index < -0.39 is 36.7 Å². The van der Waals surface area contributed by atoms with E-state index in [1.54, 1.807) is 43.4 Å². The molecule has 2 aliphatic heterocycles. The molecule has 37 heavy (non-hydrogen) atoms. The highest BCUT2D eigenvalue weighted by Crippen LogP contribution is 2.33. The number of benzene rings is 2. The first-order chi connectivity index (χ1) is 17.5. The fourth-order valence-corrected chi connectivity index (χ4v) is 4.65. The van der Waals surface area contributed by atoms with Gasteiger partial charge in [0.2, 0.25) is 5.91 Å². The molecule has 198 valence electrons. The number of anilines is 1. The third-order valence-corrected chi connectivity index (χ3v) is 6.62. The SMILES string of the molecule is CN1C(=O)c2cc(NC(=O)c3ccccc3Cl)ccc2OC[C@@H]2O[C@@H](CC(=O)NCC(F)(F)F)CC[C@H]21. The largest absolute Gasteiger partial charge is 0.490 e. The zero-order valence-corrected chi connectivity index (χ0v) is 20.6. The van der Waals surface area contributed by atoms with Crippen molar-refractivity contribution >= 4 is 35.0 Å². The Morgan fingerprint density at radius 3 is 2.65 bits per heavy atom. The summed E-state index contributed by atoms with van der Waals surface area (Å²) in [6, 6.07) is 10.9. The van der Waals surface area contributed by atoms with E-state index in [0.29, 0.717) is 34.9 Å². The highest BCUT2D eigenvalue weighted by Gasteiger charge is 2.39. The second-order valence-corrected chi connectivity index (χ2v) is 9.32. The molecule has 0 radical (unpaired) electrons. The van der Waals surface area contributed by atoms with Crippen LogP contribution in [0.25, 0.3) is 0 Å². The molecule has 12 heteroatoms. The van der Waals surface area contributed by atoms with E-state index in [2.05, 4.69) is 5.32 Å². The van der Waals surface area contributed by atoms with Crippen molar-refractivity contribution in [1.82, 2.24) is 10.2 Å². The van der Waals surface area contributed by atoms with Crippen LogP contribution in [0.2, 0.25) is 5.02 Å². The van der Waals surface area contributed by atoms with Gasteiger partial charge in [0, 0.05) is 12.7 Å². The Hall–Kier alpha value is -3.31. The molecule has 2 heterocycles. The van der Waals surface area contributed by atoms with Gasteiger partial charge < -0.3 is 25.0 Å². The molecule has 0 unspecified atom stereocenters. The topological polar surface area (TPSA) is 97.0 Å². The molecular formula is C25H25ClF3N3O5. The van der Waals surface area contributed by atoms with Gasteiger partial charge in [0.05, 0.1) is 34.7 Å². The maximum atomic E-state index is 13.3. The lowest BCUT2D eigenvalue weighted by Gasteiger charge is -2.42. The van der Waals surface area contributed by atoms with Gasteiger partial charge in [-0.25, -0.2) is 0 Å². The van der Waals surface area contributed by atoms with Crippen molar-refractivity contribution in [3.05, 3.63) is 58.6 Å². The van der Waals surface area contributed by atoms with Crippen LogP contribution >= 0.6 is 11.6 Å². The predicted octanol–water partition coefficient (Wildman–Crippen LogP) is 4.04. The number of carbonyl (C=O) groups excluding carboxylic acids is 3. The van der Waals surface area contributed by atoms with Gasteiger partial charge in [0.1, 0.15) is 25.0 Å². The number of likely N-dealkylation sites (N-methyl/N-ethyl adjacent to an activating group) is 1. The van der Waals surface area contributed by atoms with E-state index in [1.807, 2.05) is 5.32 Å². The van der Waals surface area contributed by atoms with Crippen LogP contribution in [0.1, 0.15) is 40.0 Å². The molecule has 0 spiro atoms. The summed E-state index contributed by atoms with van der Waals surface area (Å²) < 4.78 is 48.9. The van der Waals surface area contributed by atoms with E-state index in [4.69, 9.17) is 21.1 Å². The van der Waals surface area contributed by atoms with Gasteiger partial charge in [-0.05, 0) is 43.2 Å². The summed E-state index contributed by atoms with van der Waals surface area (Å²) >= 11 is 6.10. The zero-order chi connectivity index (χ0) is 26.7. The number of hydrogen-bond donors (Lipinski definition) is 2. The molecule has 2 aromatic rings. The van der Waals surface area contributed by atoms with E-state index in [9.17, 15) is 27.6 Å². The molecule has 1 fully saturated rings. The third-order valence-electron chi connectivity index (χ3n) is 6.29. The minimum atomic E-state index is -4.49. The van der Waals surface area contributed by atoms with Crippen LogP contribution in [0, 0.1) is 0 Å². The van der Waals surface area contributed by atoms with Gasteiger partial charge >= 0.3 is 6.18 Å². The van der Waals surface area contributed by atoms with Crippen LogP contribution in [-0.2, 0) is 9.53 Å². The maximum Gasteiger partial charge on any atom is 0.405 e. The summed E-state index contributed by atoms with van der Waals surface area (Å²) in [6.45, 7) is -1.33. The van der Waals surface area contributed by atoms with Gasteiger partial charge in [0.25, 0.3) is 11.8 Å². The number of rotatable bonds is 5. The Morgan fingerprint density at radius 1 is 1.16 bits per heavy atom. The summed E-state index contributed by atoms with van der Waals surface area (Å²) in [5.41, 5.74) is 0.932. The van der Waals surface area contributed by atoms with Crippen molar-refractivity contribution in [1.29, 1.82) is 0 Å². The molecular weight excluding hydrogens is 515 g/mol. The summed E-state index contributed by atoms with van der Waals surface area (Å²) in [4.78, 5) is 39.4. The Labute approximate surface area is 216 Å². The first-order valence-corrected chi connectivity index (χ1v) is 12.0. The van der Waals surface area contributed by atoms with Gasteiger partial charge in [-0.1, -0.05) is 23.7 Å². The average molecular weight is 540 g/mol. The van der Waals surface area contributed by atoms with E-state index in [1.165, 1.54) is 11.0 Å². The number of halogens is 4. The average Bonchev–Trinajstić information content (AvgIpc) is 2.85. The molecule has 0 saturated carbocycles. The van der Waals surface area contributed by atoms with Crippen molar-refractivity contribution < 1.29 is 37.0 Å². The number of fused-ring (bicyclic) bond motifs is 2. The van der Waals surface area contributed by atoms with E-state index in [-0.39, 0.29) is 30.5 Å². The molecule has 4 rings (SSSR count). The molecule has 3 amide bonds. The first kappa shape index (κ1) is 26.7. The number of amides is 3. The van der Waals surface area contributed by atoms with Crippen molar-refractivity contribution in [2.24, 2.45) is 0 Å². The molecule has 2 N–H and O–H groups in total. The molecule has 8 nitrogen and oxygen atoms in total. The second kappa shape index (κ2) is 11.0. The van der Waals surface area contributed by atoms with Gasteiger partial charge in [0.15, 0.2) is 0 Å². The number of ether oxygens (including phenoxy) is 2. The fourth-order valence-electron chi connectivity index (χ4n) is 4.43. The normalized spacial score (nSPS) is 21.6. The molecule has 0 aliphatic carbocycles. The van der Waals surface area contributed by atoms with Gasteiger partial charge in [-0.15, -0.1) is 0 Å². The van der Waals surface area contributed by atoms with Gasteiger partial charge in [-0.2, -0.15) is 13.2 Å². The fraction of sp³-hybridized carbons (Fsp3) is 0.400. The number of alkyl halides is 3. The van der Waals surface area contributed by atoms with Crippen LogP contribution in [0.4, 0.5) is 18.9 Å². The molecule has 2 aliphatic rings. The summed E-state index contributed by atoms with van der Waals surface area (Å²) in [6.07, 6.45) is -5.01. The number of hydrogen-bond acceptors (Lipinski definition) is 5. The van der Waals surface area contributed by atoms with E-state index >= 15 is 0 Å². The van der Waals surface area contributed by atoms with Crippen LogP contribution < -0.4 is 15.4 Å². The minimum absolute atomic E-state index is 0.0707. The number of nitrogens with one attached hydrogen (secondary N) is 2. The number of nitrogens with zero attached hydrogens (tertiary/aromatic N) is 1. The number of carbonyl (C=O) groups is 3. The zero-order valence-electron chi connectivity index (χ0n) is 19.8. The van der Waals surface area contributed by atoms with Gasteiger partial charge in [-0.3, -0.25) is 14.4 Å². The highest BCUT2D eigenvalue weighted by atomic mass is 35.5. The monoisotopic (exact) mass is 539 g/mol. The molecule has 2 aromatic carbocycles. The molecule has 0 aromatic heterocycles. The maximum absolute atomic E-state index is 13.3. The minimum Gasteiger partial charge on any atom is -0.490 e.